The van der Waals surface area contributed by atoms with Gasteiger partial charge in [-0.05, 0) is 36.4 Å². The number of nitrogens with zero attached hydrogens (tertiary/aromatic N) is 2. The maximum absolute atomic E-state index is 11.0. The van der Waals surface area contributed by atoms with Gasteiger partial charge in [-0.25, -0.2) is 4.79 Å². The zero-order chi connectivity index (χ0) is 13.7. The molecule has 0 aliphatic rings. The Labute approximate surface area is 114 Å². The van der Waals surface area contributed by atoms with E-state index in [2.05, 4.69) is 25.6 Å². The van der Waals surface area contributed by atoms with Crippen LogP contribution >= 0.6 is 11.6 Å². The number of benzene rings is 1. The lowest BCUT2D eigenvalue weighted by molar-refractivity contribution is 0.187. The van der Waals surface area contributed by atoms with Crippen LogP contribution in [0.3, 0.4) is 0 Å². The van der Waals surface area contributed by atoms with Crippen LogP contribution < -0.4 is 10.6 Å². The van der Waals surface area contributed by atoms with Gasteiger partial charge in [-0.1, -0.05) is 11.6 Å². The van der Waals surface area contributed by atoms with Crippen LogP contribution in [-0.2, 0) is 4.74 Å². The van der Waals surface area contributed by atoms with Crippen LogP contribution in [0.5, 0.6) is 0 Å². The highest BCUT2D eigenvalue weighted by Crippen LogP contribution is 2.17. The summed E-state index contributed by atoms with van der Waals surface area (Å²) in [5, 5.41) is 13.9. The van der Waals surface area contributed by atoms with Crippen molar-refractivity contribution in [3.05, 3.63) is 41.4 Å². The molecule has 98 valence electrons. The minimum absolute atomic E-state index is 0.313. The Morgan fingerprint density at radius 3 is 2.32 bits per heavy atom. The lowest BCUT2D eigenvalue weighted by atomic mass is 10.3. The van der Waals surface area contributed by atoms with Gasteiger partial charge in [-0.2, -0.15) is 0 Å². The summed E-state index contributed by atoms with van der Waals surface area (Å²) in [5.41, 5.74) is 0.840. The van der Waals surface area contributed by atoms with Gasteiger partial charge in [0.05, 0.1) is 7.11 Å². The highest BCUT2D eigenvalue weighted by molar-refractivity contribution is 6.30. The summed E-state index contributed by atoms with van der Waals surface area (Å²) in [6.07, 6.45) is -0.590. The topological polar surface area (TPSA) is 76.1 Å². The van der Waals surface area contributed by atoms with Crippen LogP contribution in [0, 0.1) is 0 Å². The molecule has 1 amide bonds. The van der Waals surface area contributed by atoms with Gasteiger partial charge >= 0.3 is 6.09 Å². The number of aromatic nitrogens is 2. The van der Waals surface area contributed by atoms with E-state index in [9.17, 15) is 4.79 Å². The van der Waals surface area contributed by atoms with Crippen LogP contribution in [0.2, 0.25) is 5.02 Å². The van der Waals surface area contributed by atoms with E-state index < -0.39 is 6.09 Å². The summed E-state index contributed by atoms with van der Waals surface area (Å²) in [7, 11) is 1.28. The number of hydrogen-bond donors (Lipinski definition) is 2. The van der Waals surface area contributed by atoms with Gasteiger partial charge in [0.15, 0.2) is 11.6 Å². The molecule has 0 aliphatic carbocycles. The van der Waals surface area contributed by atoms with Gasteiger partial charge in [0.25, 0.3) is 0 Å². The number of ether oxygens (including phenoxy) is 1. The van der Waals surface area contributed by atoms with Crippen LogP contribution in [0.15, 0.2) is 36.4 Å². The fourth-order valence-corrected chi connectivity index (χ4v) is 1.43. The summed E-state index contributed by atoms with van der Waals surface area (Å²) in [6, 6.07) is 10.5. The fourth-order valence-electron chi connectivity index (χ4n) is 1.30. The second-order valence-electron chi connectivity index (χ2n) is 3.55. The molecule has 2 aromatic rings. The number of carbonyl (C=O) groups excluding carboxylic acids is 1. The number of halogens is 1. The number of methoxy groups -OCH3 is 1. The first-order chi connectivity index (χ1) is 9.17. The number of amides is 1. The molecule has 2 rings (SSSR count). The molecule has 1 heterocycles. The first kappa shape index (κ1) is 13.1. The Kier molecular flexibility index (Phi) is 4.15. The van der Waals surface area contributed by atoms with Crippen molar-refractivity contribution in [1.29, 1.82) is 0 Å². The second-order valence-corrected chi connectivity index (χ2v) is 3.99. The molecule has 6 nitrogen and oxygen atoms in total. The van der Waals surface area contributed by atoms with Gasteiger partial charge in [0.2, 0.25) is 0 Å². The molecular weight excluding hydrogens is 268 g/mol. The second kappa shape index (κ2) is 6.01. The standard InChI is InChI=1S/C12H11ClN4O2/c1-19-12(18)15-11-7-6-10(16-17-11)14-9-4-2-8(13)3-5-9/h2-7H,1H3,(H,14,16)(H,15,17,18). The molecular formula is C12H11ClN4O2. The zero-order valence-electron chi connectivity index (χ0n) is 10.1. The molecule has 0 saturated heterocycles. The molecule has 0 saturated carbocycles. The van der Waals surface area contributed by atoms with Gasteiger partial charge < -0.3 is 10.1 Å². The van der Waals surface area contributed by atoms with Gasteiger partial charge in [0.1, 0.15) is 0 Å². The minimum atomic E-state index is -0.590. The normalized spacial score (nSPS) is 9.79. The van der Waals surface area contributed by atoms with Crippen molar-refractivity contribution in [1.82, 2.24) is 10.2 Å². The number of carbonyl (C=O) groups is 1. The van der Waals surface area contributed by atoms with Crippen molar-refractivity contribution in [3.63, 3.8) is 0 Å². The van der Waals surface area contributed by atoms with E-state index in [0.717, 1.165) is 5.69 Å². The van der Waals surface area contributed by atoms with Crippen molar-refractivity contribution in [2.24, 2.45) is 0 Å². The minimum Gasteiger partial charge on any atom is -0.453 e. The molecule has 2 N–H and O–H groups in total. The molecule has 0 spiro atoms. The van der Waals surface area contributed by atoms with Crippen LogP contribution in [0.1, 0.15) is 0 Å². The van der Waals surface area contributed by atoms with Crippen molar-refractivity contribution in [2.45, 2.75) is 0 Å². The van der Waals surface area contributed by atoms with Gasteiger partial charge in [-0.3, -0.25) is 5.32 Å². The number of nitrogens with one attached hydrogen (secondary N) is 2. The van der Waals surface area contributed by atoms with E-state index in [1.165, 1.54) is 7.11 Å². The maximum atomic E-state index is 11.0. The molecule has 7 heteroatoms. The first-order valence-corrected chi connectivity index (χ1v) is 5.76. The van der Waals surface area contributed by atoms with Crippen molar-refractivity contribution in [3.8, 4) is 0 Å². The zero-order valence-corrected chi connectivity index (χ0v) is 10.8. The first-order valence-electron chi connectivity index (χ1n) is 5.38. The predicted octanol–water partition coefficient (Wildman–Crippen LogP) is 3.05. The van der Waals surface area contributed by atoms with E-state index in [1.807, 2.05) is 12.1 Å². The summed E-state index contributed by atoms with van der Waals surface area (Å²) in [6.45, 7) is 0. The molecule has 1 aromatic carbocycles. The monoisotopic (exact) mass is 278 g/mol. The molecule has 0 radical (unpaired) electrons. The van der Waals surface area contributed by atoms with E-state index in [4.69, 9.17) is 11.6 Å². The summed E-state index contributed by atoms with van der Waals surface area (Å²) < 4.78 is 4.45. The number of anilines is 3. The molecule has 1 aromatic heterocycles. The summed E-state index contributed by atoms with van der Waals surface area (Å²) in [5.74, 6) is 0.867. The highest BCUT2D eigenvalue weighted by Gasteiger charge is 2.03. The Balaban J connectivity index is 2.02. The number of rotatable bonds is 3. The highest BCUT2D eigenvalue weighted by atomic mass is 35.5. The van der Waals surface area contributed by atoms with Crippen LogP contribution in [0.25, 0.3) is 0 Å². The quantitative estimate of drug-likeness (QED) is 0.902. The van der Waals surface area contributed by atoms with E-state index >= 15 is 0 Å². The Morgan fingerprint density at radius 1 is 1.11 bits per heavy atom. The lowest BCUT2D eigenvalue weighted by Crippen LogP contribution is -2.12. The summed E-state index contributed by atoms with van der Waals surface area (Å²) >= 11 is 5.79. The van der Waals surface area contributed by atoms with Crippen molar-refractivity contribution >= 4 is 35.0 Å². The molecule has 0 fully saturated rings. The van der Waals surface area contributed by atoms with Gasteiger partial charge in [-0.15, -0.1) is 10.2 Å². The smallest absolute Gasteiger partial charge is 0.412 e. The van der Waals surface area contributed by atoms with Crippen LogP contribution in [-0.4, -0.2) is 23.4 Å². The molecule has 0 unspecified atom stereocenters. The van der Waals surface area contributed by atoms with E-state index in [0.29, 0.717) is 16.7 Å². The summed E-state index contributed by atoms with van der Waals surface area (Å²) in [4.78, 5) is 11.0. The molecule has 0 bridgehead atoms. The van der Waals surface area contributed by atoms with Crippen LogP contribution in [0.4, 0.5) is 22.1 Å². The van der Waals surface area contributed by atoms with Gasteiger partial charge in [0, 0.05) is 10.7 Å². The van der Waals surface area contributed by atoms with E-state index in [-0.39, 0.29) is 0 Å². The number of hydrogen-bond acceptors (Lipinski definition) is 5. The SMILES string of the molecule is COC(=O)Nc1ccc(Nc2ccc(Cl)cc2)nn1. The average Bonchev–Trinajstić information content (AvgIpc) is 2.43. The molecule has 0 atom stereocenters. The third kappa shape index (κ3) is 3.82. The van der Waals surface area contributed by atoms with Crippen molar-refractivity contribution < 1.29 is 9.53 Å². The lowest BCUT2D eigenvalue weighted by Gasteiger charge is -2.06. The third-order valence-corrected chi connectivity index (χ3v) is 2.45. The molecule has 0 aliphatic heterocycles. The fraction of sp³-hybridized carbons (Fsp3) is 0.0833. The Hall–Kier alpha value is -2.34. The Morgan fingerprint density at radius 2 is 1.74 bits per heavy atom. The predicted molar refractivity (Wildman–Crippen MR) is 72.8 cm³/mol. The average molecular weight is 279 g/mol. The molecule has 19 heavy (non-hydrogen) atoms. The van der Waals surface area contributed by atoms with E-state index in [1.54, 1.807) is 24.3 Å². The largest absolute Gasteiger partial charge is 0.453 e. The van der Waals surface area contributed by atoms with Crippen molar-refractivity contribution in [2.75, 3.05) is 17.7 Å². The maximum Gasteiger partial charge on any atom is 0.412 e. The Bertz CT molecular complexity index is 557. The third-order valence-electron chi connectivity index (χ3n) is 2.20.